The Balaban J connectivity index is 0.000000291. The number of rotatable bonds is 0. The van der Waals surface area contributed by atoms with Gasteiger partial charge in [-0.15, -0.1) is 0 Å². The van der Waals surface area contributed by atoms with Gasteiger partial charge in [-0.05, 0) is 17.1 Å². The minimum atomic E-state index is 0.572. The van der Waals surface area contributed by atoms with Crippen LogP contribution in [-0.2, 0) is 0 Å². The lowest BCUT2D eigenvalue weighted by atomic mass is 10.5. The lowest BCUT2D eigenvalue weighted by molar-refractivity contribution is 1.34. The lowest BCUT2D eigenvalue weighted by Crippen LogP contribution is -1.85. The number of hydrogen-bond acceptors (Lipinski definition) is 2. The molecule has 3 heteroatoms. The summed E-state index contributed by atoms with van der Waals surface area (Å²) in [6, 6.07) is 5.43. The lowest BCUT2D eigenvalue weighted by Gasteiger charge is -1.82. The van der Waals surface area contributed by atoms with E-state index in [9.17, 15) is 0 Å². The van der Waals surface area contributed by atoms with Crippen molar-refractivity contribution in [2.45, 2.75) is 0 Å². The maximum Gasteiger partial charge on any atom is 0.123 e. The van der Waals surface area contributed by atoms with Crippen molar-refractivity contribution in [2.75, 3.05) is 10.7 Å². The van der Waals surface area contributed by atoms with Crippen LogP contribution in [0.1, 0.15) is 0 Å². The molecule has 9 heavy (non-hydrogen) atoms. The quantitative estimate of drug-likeness (QED) is 0.550. The molecule has 0 aliphatic rings. The fraction of sp³-hybridized carbons (Fsp3) is 0.167. The van der Waals surface area contributed by atoms with Crippen LogP contribution in [0.4, 0.5) is 5.82 Å². The highest BCUT2D eigenvalue weighted by molar-refractivity contribution is 14.1. The summed E-state index contributed by atoms with van der Waals surface area (Å²) in [4.78, 5) is 5.73. The van der Waals surface area contributed by atoms with Gasteiger partial charge in [0.2, 0.25) is 0 Å². The molecule has 1 rings (SSSR count). The Morgan fingerprint density at radius 3 is 2.33 bits per heavy atom. The topological polar surface area (TPSA) is 38.9 Å². The van der Waals surface area contributed by atoms with Crippen LogP contribution >= 0.6 is 22.6 Å². The Morgan fingerprint density at radius 2 is 2.11 bits per heavy atom. The third-order valence-electron chi connectivity index (χ3n) is 0.688. The molecular weight excluding hydrogens is 227 g/mol. The number of anilines is 1. The molecule has 0 amide bonds. The summed E-state index contributed by atoms with van der Waals surface area (Å²) >= 11 is 2.15. The Kier molecular flexibility index (Phi) is 5.60. The molecule has 0 fully saturated rings. The summed E-state index contributed by atoms with van der Waals surface area (Å²) in [7, 11) is 0. The third kappa shape index (κ3) is 4.20. The molecular formula is C6H9IN2. The van der Waals surface area contributed by atoms with Gasteiger partial charge < -0.3 is 5.73 Å². The molecule has 1 heterocycles. The number of nitrogen functional groups attached to an aromatic ring is 1. The number of hydrogen-bond donors (Lipinski definition) is 1. The van der Waals surface area contributed by atoms with E-state index in [0.717, 1.165) is 0 Å². The van der Waals surface area contributed by atoms with E-state index in [1.807, 2.05) is 17.1 Å². The highest BCUT2D eigenvalue weighted by Crippen LogP contribution is 1.89. The molecule has 0 saturated heterocycles. The minimum absolute atomic E-state index is 0.572. The highest BCUT2D eigenvalue weighted by atomic mass is 127. The summed E-state index contributed by atoms with van der Waals surface area (Å²) in [6.07, 6.45) is 1.66. The molecule has 0 saturated carbocycles. The fourth-order valence-corrected chi connectivity index (χ4v) is 0.376. The van der Waals surface area contributed by atoms with Crippen molar-refractivity contribution in [3.05, 3.63) is 24.4 Å². The van der Waals surface area contributed by atoms with Crippen LogP contribution < -0.4 is 5.73 Å². The molecule has 0 spiro atoms. The molecule has 1 aromatic heterocycles. The van der Waals surface area contributed by atoms with E-state index in [-0.39, 0.29) is 0 Å². The van der Waals surface area contributed by atoms with Crippen molar-refractivity contribution >= 4 is 28.4 Å². The average Bonchev–Trinajstić information content (AvgIpc) is 1.94. The summed E-state index contributed by atoms with van der Waals surface area (Å²) < 4.78 is 0. The van der Waals surface area contributed by atoms with Gasteiger partial charge in [0, 0.05) is 6.20 Å². The Labute approximate surface area is 68.6 Å². The van der Waals surface area contributed by atoms with Gasteiger partial charge in [-0.2, -0.15) is 0 Å². The predicted octanol–water partition coefficient (Wildman–Crippen LogP) is 1.72. The molecule has 0 unspecified atom stereocenters. The first-order valence-electron chi connectivity index (χ1n) is 2.44. The molecule has 50 valence electrons. The van der Waals surface area contributed by atoms with E-state index < -0.39 is 0 Å². The first-order valence-corrected chi connectivity index (χ1v) is 4.59. The summed E-state index contributed by atoms with van der Waals surface area (Å²) in [5.74, 6) is 0.572. The number of aromatic nitrogens is 1. The second kappa shape index (κ2) is 5.81. The second-order valence-corrected chi connectivity index (χ2v) is 1.25. The van der Waals surface area contributed by atoms with E-state index in [0.29, 0.717) is 5.82 Å². The zero-order valence-corrected chi connectivity index (χ0v) is 7.37. The Morgan fingerprint density at radius 1 is 1.44 bits per heavy atom. The van der Waals surface area contributed by atoms with Crippen LogP contribution in [0.5, 0.6) is 0 Å². The molecule has 0 aliphatic heterocycles. The summed E-state index contributed by atoms with van der Waals surface area (Å²) in [5.41, 5.74) is 5.25. The summed E-state index contributed by atoms with van der Waals surface area (Å²) in [6.45, 7) is 0. The molecule has 0 atom stereocenters. The van der Waals surface area contributed by atoms with Crippen molar-refractivity contribution in [2.24, 2.45) is 0 Å². The van der Waals surface area contributed by atoms with Crippen LogP contribution in [-0.4, -0.2) is 9.91 Å². The Hall–Kier alpha value is -0.320. The van der Waals surface area contributed by atoms with E-state index in [1.165, 1.54) is 0 Å². The van der Waals surface area contributed by atoms with Crippen molar-refractivity contribution in [1.82, 2.24) is 4.98 Å². The van der Waals surface area contributed by atoms with Gasteiger partial charge in [-0.1, -0.05) is 28.7 Å². The zero-order chi connectivity index (χ0) is 7.11. The second-order valence-electron chi connectivity index (χ2n) is 1.25. The smallest absolute Gasteiger partial charge is 0.123 e. The monoisotopic (exact) mass is 236 g/mol. The van der Waals surface area contributed by atoms with Crippen LogP contribution in [0, 0.1) is 0 Å². The van der Waals surface area contributed by atoms with Crippen LogP contribution in [0.25, 0.3) is 0 Å². The minimum Gasteiger partial charge on any atom is -0.384 e. The van der Waals surface area contributed by atoms with E-state index in [4.69, 9.17) is 5.73 Å². The van der Waals surface area contributed by atoms with E-state index in [1.54, 1.807) is 12.3 Å². The number of halogens is 1. The predicted molar refractivity (Wildman–Crippen MR) is 48.6 cm³/mol. The number of nitrogens with zero attached hydrogens (tertiary/aromatic N) is 1. The van der Waals surface area contributed by atoms with Crippen LogP contribution in [0.15, 0.2) is 24.4 Å². The number of pyridine rings is 1. The number of nitrogens with two attached hydrogens (primary N) is 1. The van der Waals surface area contributed by atoms with Gasteiger partial charge in [0.25, 0.3) is 0 Å². The maximum absolute atomic E-state index is 5.25. The van der Waals surface area contributed by atoms with Gasteiger partial charge >= 0.3 is 0 Å². The summed E-state index contributed by atoms with van der Waals surface area (Å²) in [5, 5.41) is 0. The number of alkyl halides is 1. The molecule has 0 bridgehead atoms. The van der Waals surface area contributed by atoms with Gasteiger partial charge in [-0.25, -0.2) is 4.98 Å². The van der Waals surface area contributed by atoms with Crippen molar-refractivity contribution < 1.29 is 0 Å². The molecule has 2 nitrogen and oxygen atoms in total. The van der Waals surface area contributed by atoms with Crippen LogP contribution in [0.3, 0.4) is 0 Å². The first kappa shape index (κ1) is 8.68. The molecule has 0 aliphatic carbocycles. The van der Waals surface area contributed by atoms with Gasteiger partial charge in [0.15, 0.2) is 0 Å². The molecule has 0 radical (unpaired) electrons. The van der Waals surface area contributed by atoms with Gasteiger partial charge in [0.1, 0.15) is 5.82 Å². The van der Waals surface area contributed by atoms with Crippen molar-refractivity contribution in [1.29, 1.82) is 0 Å². The molecule has 1 aromatic rings. The zero-order valence-electron chi connectivity index (χ0n) is 5.21. The average molecular weight is 236 g/mol. The normalized spacial score (nSPS) is 7.33. The van der Waals surface area contributed by atoms with Crippen molar-refractivity contribution in [3.63, 3.8) is 0 Å². The van der Waals surface area contributed by atoms with E-state index in [2.05, 4.69) is 27.6 Å². The van der Waals surface area contributed by atoms with E-state index >= 15 is 0 Å². The van der Waals surface area contributed by atoms with Crippen molar-refractivity contribution in [3.8, 4) is 0 Å². The standard InChI is InChI=1S/C5H6N2.CH3I/c6-5-3-1-2-4-7-5;1-2/h1-4H,(H2,6,7);1H3. The Bertz CT molecular complexity index is 141. The fourth-order valence-electron chi connectivity index (χ4n) is 0.376. The maximum atomic E-state index is 5.25. The SMILES string of the molecule is CI.Nc1ccccn1. The first-order chi connectivity index (χ1) is 4.39. The van der Waals surface area contributed by atoms with Crippen LogP contribution in [0.2, 0.25) is 0 Å². The third-order valence-corrected chi connectivity index (χ3v) is 0.688. The highest BCUT2D eigenvalue weighted by Gasteiger charge is 1.73. The largest absolute Gasteiger partial charge is 0.384 e. The molecule has 2 N–H and O–H groups in total. The van der Waals surface area contributed by atoms with Gasteiger partial charge in [-0.3, -0.25) is 0 Å². The molecule has 0 aromatic carbocycles. The van der Waals surface area contributed by atoms with Gasteiger partial charge in [0.05, 0.1) is 0 Å².